The van der Waals surface area contributed by atoms with E-state index in [1.807, 2.05) is 24.3 Å². The molecule has 0 aliphatic carbocycles. The number of nitrogens with zero attached hydrogens (tertiary/aromatic N) is 3. The number of nitriles is 1. The van der Waals surface area contributed by atoms with Gasteiger partial charge in [0.05, 0.1) is 7.11 Å². The Kier molecular flexibility index (Phi) is 6.12. The first kappa shape index (κ1) is 19.2. The Morgan fingerprint density at radius 3 is 2.54 bits per heavy atom. The number of carbonyl (C=O) groups excluding carboxylic acids is 1. The van der Waals surface area contributed by atoms with Gasteiger partial charge in [0.15, 0.2) is 0 Å². The monoisotopic (exact) mass is 380 g/mol. The molecule has 1 N–H and O–H groups in total. The summed E-state index contributed by atoms with van der Waals surface area (Å²) in [6, 6.07) is 15.5. The third-order valence-corrected chi connectivity index (χ3v) is 4.56. The van der Waals surface area contributed by atoms with Crippen LogP contribution in [0.15, 0.2) is 60.3 Å². The van der Waals surface area contributed by atoms with Crippen LogP contribution in [0.25, 0.3) is 0 Å². The topological polar surface area (TPSA) is 68.6 Å². The number of halogens is 1. The number of ether oxygens (including phenoxy) is 1. The zero-order valence-corrected chi connectivity index (χ0v) is 15.6. The number of hydrogen-bond donors (Lipinski definition) is 1. The molecule has 1 heterocycles. The molecule has 0 unspecified atom stereocenters. The second kappa shape index (κ2) is 8.91. The van der Waals surface area contributed by atoms with Crippen LogP contribution in [-0.2, 0) is 4.79 Å². The fraction of sp³-hybridized carbons (Fsp3) is 0.238. The van der Waals surface area contributed by atoms with Gasteiger partial charge in [-0.1, -0.05) is 6.07 Å². The molecule has 0 bridgehead atoms. The van der Waals surface area contributed by atoms with Crippen molar-refractivity contribution in [2.75, 3.05) is 43.5 Å². The van der Waals surface area contributed by atoms with Crippen LogP contribution in [0.5, 0.6) is 5.75 Å². The van der Waals surface area contributed by atoms with Crippen molar-refractivity contribution in [3.05, 3.63) is 66.1 Å². The van der Waals surface area contributed by atoms with Crippen LogP contribution < -0.4 is 15.0 Å². The molecule has 1 aliphatic rings. The molecule has 144 valence electrons. The zero-order chi connectivity index (χ0) is 19.9. The Balaban J connectivity index is 1.60. The molecule has 1 fully saturated rings. The van der Waals surface area contributed by atoms with Crippen LogP contribution >= 0.6 is 0 Å². The van der Waals surface area contributed by atoms with E-state index in [0.717, 1.165) is 11.4 Å². The number of nitrogens with one attached hydrogen (secondary N) is 1. The van der Waals surface area contributed by atoms with Crippen molar-refractivity contribution in [2.45, 2.75) is 0 Å². The summed E-state index contributed by atoms with van der Waals surface area (Å²) in [5, 5.41) is 12.4. The zero-order valence-electron chi connectivity index (χ0n) is 15.6. The lowest BCUT2D eigenvalue weighted by molar-refractivity contribution is -0.127. The number of piperazine rings is 1. The molecule has 1 amide bonds. The number of rotatable bonds is 5. The van der Waals surface area contributed by atoms with Gasteiger partial charge in [-0.05, 0) is 36.4 Å². The van der Waals surface area contributed by atoms with Gasteiger partial charge in [0.25, 0.3) is 5.91 Å². The maximum absolute atomic E-state index is 13.1. The largest absolute Gasteiger partial charge is 0.497 e. The van der Waals surface area contributed by atoms with Gasteiger partial charge < -0.3 is 19.9 Å². The van der Waals surface area contributed by atoms with Crippen LogP contribution in [0.3, 0.4) is 0 Å². The molecule has 1 saturated heterocycles. The number of hydrogen-bond acceptors (Lipinski definition) is 5. The third-order valence-electron chi connectivity index (χ3n) is 4.56. The lowest BCUT2D eigenvalue weighted by Gasteiger charge is -2.36. The average molecular weight is 380 g/mol. The van der Waals surface area contributed by atoms with Crippen molar-refractivity contribution in [3.8, 4) is 11.8 Å². The van der Waals surface area contributed by atoms with Crippen molar-refractivity contribution < 1.29 is 13.9 Å². The number of carbonyl (C=O) groups is 1. The maximum atomic E-state index is 13.1. The molecular weight excluding hydrogens is 359 g/mol. The molecule has 0 aromatic heterocycles. The number of methoxy groups -OCH3 is 1. The van der Waals surface area contributed by atoms with Crippen molar-refractivity contribution in [3.63, 3.8) is 0 Å². The van der Waals surface area contributed by atoms with E-state index in [1.165, 1.54) is 18.3 Å². The van der Waals surface area contributed by atoms with Gasteiger partial charge in [0, 0.05) is 49.8 Å². The van der Waals surface area contributed by atoms with Crippen LogP contribution in [-0.4, -0.2) is 44.1 Å². The summed E-state index contributed by atoms with van der Waals surface area (Å²) in [6.45, 7) is 2.24. The fourth-order valence-electron chi connectivity index (χ4n) is 3.00. The lowest BCUT2D eigenvalue weighted by Crippen LogP contribution is -2.49. The minimum absolute atomic E-state index is 0.0399. The summed E-state index contributed by atoms with van der Waals surface area (Å²) in [7, 11) is 1.57. The van der Waals surface area contributed by atoms with Crippen molar-refractivity contribution >= 4 is 17.3 Å². The molecule has 0 radical (unpaired) electrons. The standard InChI is InChI=1S/C21H21FN4O2/c1-28-20-4-2-3-18(13-20)24-15-16(14-23)21(27)26-11-9-25(10-12-26)19-7-5-17(22)6-8-19/h2-8,13,15,24H,9-12H2,1H3/b16-15-. The van der Waals surface area contributed by atoms with E-state index in [0.29, 0.717) is 31.9 Å². The normalized spacial score (nSPS) is 14.4. The van der Waals surface area contributed by atoms with E-state index in [1.54, 1.807) is 30.2 Å². The molecule has 7 heteroatoms. The van der Waals surface area contributed by atoms with Gasteiger partial charge in [-0.3, -0.25) is 4.79 Å². The fourth-order valence-corrected chi connectivity index (χ4v) is 3.00. The minimum atomic E-state index is -0.309. The Bertz CT molecular complexity index is 897. The molecular formula is C21H21FN4O2. The summed E-state index contributed by atoms with van der Waals surface area (Å²) in [6.07, 6.45) is 1.42. The average Bonchev–Trinajstić information content (AvgIpc) is 2.75. The summed E-state index contributed by atoms with van der Waals surface area (Å²) in [5.41, 5.74) is 1.68. The Labute approximate surface area is 163 Å². The summed E-state index contributed by atoms with van der Waals surface area (Å²) < 4.78 is 18.2. The van der Waals surface area contributed by atoms with Crippen LogP contribution in [0, 0.1) is 17.1 Å². The number of benzene rings is 2. The van der Waals surface area contributed by atoms with Crippen molar-refractivity contribution in [2.24, 2.45) is 0 Å². The molecule has 2 aromatic carbocycles. The van der Waals surface area contributed by atoms with Crippen molar-refractivity contribution in [1.29, 1.82) is 5.26 Å². The van der Waals surface area contributed by atoms with Crippen LogP contribution in [0.4, 0.5) is 15.8 Å². The van der Waals surface area contributed by atoms with E-state index < -0.39 is 0 Å². The van der Waals surface area contributed by atoms with Gasteiger partial charge in [-0.25, -0.2) is 4.39 Å². The first-order chi connectivity index (χ1) is 13.6. The highest BCUT2D eigenvalue weighted by atomic mass is 19.1. The van der Waals surface area contributed by atoms with E-state index in [2.05, 4.69) is 10.2 Å². The van der Waals surface area contributed by atoms with Crippen molar-refractivity contribution in [1.82, 2.24) is 4.90 Å². The summed E-state index contributed by atoms with van der Waals surface area (Å²) in [5.74, 6) is 0.0988. The van der Waals surface area contributed by atoms with Gasteiger partial charge in [-0.2, -0.15) is 5.26 Å². The number of amides is 1. The first-order valence-corrected chi connectivity index (χ1v) is 8.91. The van der Waals surface area contributed by atoms with E-state index in [9.17, 15) is 14.4 Å². The number of anilines is 2. The molecule has 6 nitrogen and oxygen atoms in total. The molecule has 1 aliphatic heterocycles. The van der Waals surface area contributed by atoms with Crippen LogP contribution in [0.1, 0.15) is 0 Å². The maximum Gasteiger partial charge on any atom is 0.266 e. The van der Waals surface area contributed by atoms with Gasteiger partial charge in [0.2, 0.25) is 0 Å². The van der Waals surface area contributed by atoms with E-state index in [4.69, 9.17) is 4.74 Å². The lowest BCUT2D eigenvalue weighted by atomic mass is 10.2. The highest BCUT2D eigenvalue weighted by molar-refractivity contribution is 5.97. The highest BCUT2D eigenvalue weighted by Gasteiger charge is 2.23. The van der Waals surface area contributed by atoms with Gasteiger partial charge in [-0.15, -0.1) is 0 Å². The van der Waals surface area contributed by atoms with Gasteiger partial charge >= 0.3 is 0 Å². The smallest absolute Gasteiger partial charge is 0.266 e. The molecule has 2 aromatic rings. The highest BCUT2D eigenvalue weighted by Crippen LogP contribution is 2.19. The molecule has 3 rings (SSSR count). The predicted octanol–water partition coefficient (Wildman–Crippen LogP) is 3.00. The Hall–Kier alpha value is -3.53. The Morgan fingerprint density at radius 1 is 1.18 bits per heavy atom. The van der Waals surface area contributed by atoms with Crippen LogP contribution in [0.2, 0.25) is 0 Å². The summed E-state index contributed by atoms with van der Waals surface area (Å²) >= 11 is 0. The molecule has 28 heavy (non-hydrogen) atoms. The second-order valence-corrected chi connectivity index (χ2v) is 6.30. The SMILES string of the molecule is COc1cccc(N/C=C(/C#N)C(=O)N2CCN(c3ccc(F)cc3)CC2)c1. The molecule has 0 saturated carbocycles. The second-order valence-electron chi connectivity index (χ2n) is 6.30. The minimum Gasteiger partial charge on any atom is -0.497 e. The third kappa shape index (κ3) is 4.60. The molecule has 0 spiro atoms. The predicted molar refractivity (Wildman–Crippen MR) is 106 cm³/mol. The van der Waals surface area contributed by atoms with E-state index >= 15 is 0 Å². The summed E-state index contributed by atoms with van der Waals surface area (Å²) in [4.78, 5) is 16.4. The van der Waals surface area contributed by atoms with Gasteiger partial charge in [0.1, 0.15) is 23.2 Å². The quantitative estimate of drug-likeness (QED) is 0.638. The van der Waals surface area contributed by atoms with E-state index in [-0.39, 0.29) is 17.3 Å². The first-order valence-electron chi connectivity index (χ1n) is 8.91. The Morgan fingerprint density at radius 2 is 1.89 bits per heavy atom. The molecule has 0 atom stereocenters.